The standard InChI is InChI=1S/C13H17ClN2O5/c1-21-5-4-15-10(13(19)20)7-12(18)16-9-6-8(14)2-3-11(9)17/h2-3,6,10,15,17H,4-5,7H2,1H3,(H,16,18)(H,19,20)/t10-/m1/s1. The van der Waals surface area contributed by atoms with Crippen molar-refractivity contribution in [2.24, 2.45) is 0 Å². The quantitative estimate of drug-likeness (QED) is 0.422. The number of benzene rings is 1. The van der Waals surface area contributed by atoms with E-state index in [0.717, 1.165) is 0 Å². The summed E-state index contributed by atoms with van der Waals surface area (Å²) in [5.41, 5.74) is 0.133. The molecule has 116 valence electrons. The molecule has 0 heterocycles. The molecular formula is C13H17ClN2O5. The van der Waals surface area contributed by atoms with Gasteiger partial charge in [-0.25, -0.2) is 0 Å². The zero-order valence-corrected chi connectivity index (χ0v) is 12.2. The molecule has 1 aromatic carbocycles. The van der Waals surface area contributed by atoms with E-state index < -0.39 is 17.9 Å². The summed E-state index contributed by atoms with van der Waals surface area (Å²) in [7, 11) is 1.49. The molecule has 1 aromatic rings. The van der Waals surface area contributed by atoms with Gasteiger partial charge in [0.15, 0.2) is 0 Å². The van der Waals surface area contributed by atoms with E-state index in [2.05, 4.69) is 10.6 Å². The fourth-order valence-electron chi connectivity index (χ4n) is 1.58. The van der Waals surface area contributed by atoms with Gasteiger partial charge in [0.1, 0.15) is 11.8 Å². The number of hydrogen-bond donors (Lipinski definition) is 4. The first-order chi connectivity index (χ1) is 9.93. The van der Waals surface area contributed by atoms with Gasteiger partial charge in [-0.3, -0.25) is 9.59 Å². The lowest BCUT2D eigenvalue weighted by Crippen LogP contribution is -2.41. The van der Waals surface area contributed by atoms with Crippen molar-refractivity contribution in [3.63, 3.8) is 0 Å². The van der Waals surface area contributed by atoms with Crippen molar-refractivity contribution in [1.29, 1.82) is 0 Å². The van der Waals surface area contributed by atoms with Crippen LogP contribution in [0.3, 0.4) is 0 Å². The van der Waals surface area contributed by atoms with E-state index >= 15 is 0 Å². The smallest absolute Gasteiger partial charge is 0.321 e. The summed E-state index contributed by atoms with van der Waals surface area (Å²) in [5.74, 6) is -1.84. The number of nitrogens with one attached hydrogen (secondary N) is 2. The van der Waals surface area contributed by atoms with Gasteiger partial charge in [0.25, 0.3) is 0 Å². The molecule has 0 bridgehead atoms. The lowest BCUT2D eigenvalue weighted by Gasteiger charge is -2.14. The summed E-state index contributed by atoms with van der Waals surface area (Å²) in [4.78, 5) is 22.9. The number of aliphatic carboxylic acids is 1. The summed E-state index contributed by atoms with van der Waals surface area (Å²) in [6.45, 7) is 0.643. The third-order valence-corrected chi connectivity index (χ3v) is 2.85. The summed E-state index contributed by atoms with van der Waals surface area (Å²) in [6.07, 6.45) is -0.287. The molecule has 0 saturated carbocycles. The molecule has 0 spiro atoms. The van der Waals surface area contributed by atoms with Crippen molar-refractivity contribution < 1.29 is 24.5 Å². The monoisotopic (exact) mass is 316 g/mol. The fraction of sp³-hybridized carbons (Fsp3) is 0.385. The minimum atomic E-state index is -1.14. The van der Waals surface area contributed by atoms with Crippen molar-refractivity contribution in [3.8, 4) is 5.75 Å². The number of amides is 1. The molecule has 0 unspecified atom stereocenters. The molecule has 0 aliphatic rings. The number of anilines is 1. The fourth-order valence-corrected chi connectivity index (χ4v) is 1.75. The molecule has 1 rings (SSSR count). The second kappa shape index (κ2) is 8.46. The summed E-state index contributed by atoms with van der Waals surface area (Å²) in [6, 6.07) is 3.15. The predicted octanol–water partition coefficient (Wildman–Crippen LogP) is 1.06. The van der Waals surface area contributed by atoms with Crippen LogP contribution in [-0.2, 0) is 14.3 Å². The van der Waals surface area contributed by atoms with Gasteiger partial charge in [-0.05, 0) is 18.2 Å². The molecule has 1 atom stereocenters. The van der Waals surface area contributed by atoms with Crippen LogP contribution in [0.4, 0.5) is 5.69 Å². The molecule has 7 nitrogen and oxygen atoms in total. The SMILES string of the molecule is COCCN[C@H](CC(=O)Nc1cc(Cl)ccc1O)C(=O)O. The Morgan fingerprint density at radius 1 is 1.43 bits per heavy atom. The largest absolute Gasteiger partial charge is 0.506 e. The maximum atomic E-state index is 11.8. The molecule has 0 fully saturated rings. The lowest BCUT2D eigenvalue weighted by atomic mass is 10.2. The summed E-state index contributed by atoms with van der Waals surface area (Å²) < 4.78 is 4.80. The molecule has 0 aromatic heterocycles. The van der Waals surface area contributed by atoms with Gasteiger partial charge in [-0.1, -0.05) is 11.6 Å². The van der Waals surface area contributed by atoms with Gasteiger partial charge in [0.2, 0.25) is 5.91 Å². The Labute approximate surface area is 126 Å². The summed E-state index contributed by atoms with van der Waals surface area (Å²) in [5, 5.41) is 24.1. The maximum absolute atomic E-state index is 11.8. The second-order valence-electron chi connectivity index (χ2n) is 4.25. The highest BCUT2D eigenvalue weighted by molar-refractivity contribution is 6.31. The average molecular weight is 317 g/mol. The van der Waals surface area contributed by atoms with E-state index in [1.165, 1.54) is 25.3 Å². The van der Waals surface area contributed by atoms with Crippen LogP contribution in [-0.4, -0.2) is 48.4 Å². The number of methoxy groups -OCH3 is 1. The van der Waals surface area contributed by atoms with Crippen LogP contribution < -0.4 is 10.6 Å². The van der Waals surface area contributed by atoms with Crippen molar-refractivity contribution in [1.82, 2.24) is 5.32 Å². The van der Waals surface area contributed by atoms with Gasteiger partial charge in [0, 0.05) is 18.7 Å². The number of phenolic OH excluding ortho intramolecular Hbond substituents is 1. The summed E-state index contributed by atoms with van der Waals surface area (Å²) >= 11 is 5.76. The van der Waals surface area contributed by atoms with Crippen molar-refractivity contribution >= 4 is 29.2 Å². The van der Waals surface area contributed by atoms with E-state index in [-0.39, 0.29) is 17.9 Å². The first-order valence-electron chi connectivity index (χ1n) is 6.17. The Bertz CT molecular complexity index is 509. The van der Waals surface area contributed by atoms with Crippen LogP contribution in [0.2, 0.25) is 5.02 Å². The van der Waals surface area contributed by atoms with E-state index in [1.807, 2.05) is 0 Å². The number of ether oxygens (including phenoxy) is 1. The molecule has 4 N–H and O–H groups in total. The Hall–Kier alpha value is -1.83. The van der Waals surface area contributed by atoms with Gasteiger partial charge in [0.05, 0.1) is 18.7 Å². The normalized spacial score (nSPS) is 11.9. The predicted molar refractivity (Wildman–Crippen MR) is 77.7 cm³/mol. The minimum Gasteiger partial charge on any atom is -0.506 e. The van der Waals surface area contributed by atoms with E-state index in [9.17, 15) is 14.7 Å². The molecule has 21 heavy (non-hydrogen) atoms. The first-order valence-corrected chi connectivity index (χ1v) is 6.55. The highest BCUT2D eigenvalue weighted by Crippen LogP contribution is 2.26. The van der Waals surface area contributed by atoms with Crippen molar-refractivity contribution in [2.45, 2.75) is 12.5 Å². The number of aromatic hydroxyl groups is 1. The van der Waals surface area contributed by atoms with Crippen molar-refractivity contribution in [3.05, 3.63) is 23.2 Å². The minimum absolute atomic E-state index is 0.133. The van der Waals surface area contributed by atoms with Crippen LogP contribution in [0, 0.1) is 0 Å². The number of rotatable bonds is 8. The highest BCUT2D eigenvalue weighted by atomic mass is 35.5. The maximum Gasteiger partial charge on any atom is 0.321 e. The Kier molecular flexibility index (Phi) is 6.93. The molecule has 8 heteroatoms. The Balaban J connectivity index is 2.61. The second-order valence-corrected chi connectivity index (χ2v) is 4.69. The van der Waals surface area contributed by atoms with Crippen LogP contribution in [0.15, 0.2) is 18.2 Å². The van der Waals surface area contributed by atoms with Crippen molar-refractivity contribution in [2.75, 3.05) is 25.6 Å². The zero-order chi connectivity index (χ0) is 15.8. The number of hydrogen-bond acceptors (Lipinski definition) is 5. The number of carbonyl (C=O) groups is 2. The molecule has 0 radical (unpaired) electrons. The molecular weight excluding hydrogens is 300 g/mol. The lowest BCUT2D eigenvalue weighted by molar-refractivity contribution is -0.141. The number of carboxylic acid groups (broad SMARTS) is 1. The van der Waals surface area contributed by atoms with Gasteiger partial charge < -0.3 is 25.6 Å². The van der Waals surface area contributed by atoms with Gasteiger partial charge in [-0.15, -0.1) is 0 Å². The van der Waals surface area contributed by atoms with Gasteiger partial charge in [-0.2, -0.15) is 0 Å². The number of carbonyl (C=O) groups excluding carboxylic acids is 1. The number of carboxylic acids is 1. The third-order valence-electron chi connectivity index (χ3n) is 2.62. The average Bonchev–Trinajstić information content (AvgIpc) is 2.42. The molecule has 0 saturated heterocycles. The van der Waals surface area contributed by atoms with Crippen LogP contribution >= 0.6 is 11.6 Å². The topological polar surface area (TPSA) is 108 Å². The number of phenols is 1. The highest BCUT2D eigenvalue weighted by Gasteiger charge is 2.21. The zero-order valence-electron chi connectivity index (χ0n) is 11.4. The molecule has 1 amide bonds. The van der Waals surface area contributed by atoms with E-state index in [4.69, 9.17) is 21.4 Å². The van der Waals surface area contributed by atoms with Crippen LogP contribution in [0.25, 0.3) is 0 Å². The van der Waals surface area contributed by atoms with Crippen LogP contribution in [0.1, 0.15) is 6.42 Å². The first kappa shape index (κ1) is 17.2. The van der Waals surface area contributed by atoms with Crippen LogP contribution in [0.5, 0.6) is 5.75 Å². The Morgan fingerprint density at radius 3 is 2.76 bits per heavy atom. The molecule has 0 aliphatic carbocycles. The number of halogens is 1. The Morgan fingerprint density at radius 2 is 2.14 bits per heavy atom. The van der Waals surface area contributed by atoms with E-state index in [1.54, 1.807) is 0 Å². The molecule has 0 aliphatic heterocycles. The third kappa shape index (κ3) is 5.99. The van der Waals surface area contributed by atoms with Gasteiger partial charge >= 0.3 is 5.97 Å². The van der Waals surface area contributed by atoms with E-state index in [0.29, 0.717) is 18.2 Å².